The average Bonchev–Trinajstić information content (AvgIpc) is 2.41. The molecule has 6 heteroatoms. The second kappa shape index (κ2) is 6.60. The lowest BCUT2D eigenvalue weighted by molar-refractivity contribution is -0.119. The van der Waals surface area contributed by atoms with Gasteiger partial charge in [0.1, 0.15) is 11.6 Å². The Morgan fingerprint density at radius 2 is 1.67 bits per heavy atom. The van der Waals surface area contributed by atoms with Crippen LogP contribution in [0.4, 0.5) is 19.3 Å². The fourth-order valence-electron chi connectivity index (χ4n) is 1.69. The summed E-state index contributed by atoms with van der Waals surface area (Å²) in [5.41, 5.74) is 0.814. The highest BCUT2D eigenvalue weighted by Crippen LogP contribution is 2.08. The Bertz CT molecular complexity index is 657. The van der Waals surface area contributed by atoms with Gasteiger partial charge in [0.05, 0.1) is 6.42 Å². The van der Waals surface area contributed by atoms with E-state index >= 15 is 0 Å². The smallest absolute Gasteiger partial charge is 0.308 e. The number of urea groups is 1. The van der Waals surface area contributed by atoms with Crippen molar-refractivity contribution in [3.05, 3.63) is 65.7 Å². The van der Waals surface area contributed by atoms with Crippen molar-refractivity contribution in [1.82, 2.24) is 5.32 Å². The summed E-state index contributed by atoms with van der Waals surface area (Å²) >= 11 is 0. The fourth-order valence-corrected chi connectivity index (χ4v) is 1.69. The van der Waals surface area contributed by atoms with Crippen molar-refractivity contribution in [1.29, 1.82) is 0 Å². The number of imide groups is 1. The highest BCUT2D eigenvalue weighted by atomic mass is 19.1. The first kappa shape index (κ1) is 14.6. The third-order valence-corrected chi connectivity index (χ3v) is 2.61. The summed E-state index contributed by atoms with van der Waals surface area (Å²) in [6.07, 6.45) is -0.0587. The lowest BCUT2D eigenvalue weighted by atomic mass is 10.1. The number of carbonyl (C=O) groups is 2. The summed E-state index contributed by atoms with van der Waals surface area (Å²) in [6, 6.07) is 9.92. The summed E-state index contributed by atoms with van der Waals surface area (Å²) in [5.74, 6) is -1.44. The highest BCUT2D eigenvalue weighted by molar-refractivity contribution is 6.01. The normalized spacial score (nSPS) is 10.0. The van der Waals surface area contributed by atoms with Gasteiger partial charge in [-0.25, -0.2) is 13.6 Å². The van der Waals surface area contributed by atoms with Gasteiger partial charge in [-0.15, -0.1) is 0 Å². The minimum absolute atomic E-state index is 0.0587. The molecule has 3 amide bonds. The average molecular weight is 290 g/mol. The second-order valence-corrected chi connectivity index (χ2v) is 4.32. The molecule has 0 atom stereocenters. The van der Waals surface area contributed by atoms with Crippen LogP contribution in [-0.2, 0) is 11.2 Å². The van der Waals surface area contributed by atoms with Gasteiger partial charge >= 0.3 is 6.03 Å². The topological polar surface area (TPSA) is 58.2 Å². The number of amides is 3. The maximum atomic E-state index is 12.9. The molecule has 108 valence electrons. The lowest BCUT2D eigenvalue weighted by Gasteiger charge is -2.07. The van der Waals surface area contributed by atoms with E-state index in [0.29, 0.717) is 5.56 Å². The third-order valence-electron chi connectivity index (χ3n) is 2.61. The minimum atomic E-state index is -0.757. The van der Waals surface area contributed by atoms with E-state index in [-0.39, 0.29) is 12.1 Å². The maximum Gasteiger partial charge on any atom is 0.325 e. The first-order valence-corrected chi connectivity index (χ1v) is 6.14. The van der Waals surface area contributed by atoms with Crippen molar-refractivity contribution in [3.63, 3.8) is 0 Å². The summed E-state index contributed by atoms with van der Waals surface area (Å²) in [7, 11) is 0. The quantitative estimate of drug-likeness (QED) is 0.913. The third kappa shape index (κ3) is 4.68. The molecule has 0 fully saturated rings. The Labute approximate surface area is 119 Å². The lowest BCUT2D eigenvalue weighted by Crippen LogP contribution is -2.35. The molecule has 2 N–H and O–H groups in total. The largest absolute Gasteiger partial charge is 0.325 e. The molecule has 0 heterocycles. The van der Waals surface area contributed by atoms with E-state index in [4.69, 9.17) is 0 Å². The van der Waals surface area contributed by atoms with E-state index in [0.717, 1.165) is 6.07 Å². The van der Waals surface area contributed by atoms with Crippen LogP contribution in [0.5, 0.6) is 0 Å². The Hall–Kier alpha value is -2.76. The highest BCUT2D eigenvalue weighted by Gasteiger charge is 2.09. The molecule has 21 heavy (non-hydrogen) atoms. The Morgan fingerprint density at radius 3 is 2.33 bits per heavy atom. The van der Waals surface area contributed by atoms with Crippen molar-refractivity contribution in [2.24, 2.45) is 0 Å². The zero-order chi connectivity index (χ0) is 15.2. The fraction of sp³-hybridized carbons (Fsp3) is 0.0667. The zero-order valence-corrected chi connectivity index (χ0v) is 10.9. The number of hydrogen-bond donors (Lipinski definition) is 2. The molecule has 0 bridgehead atoms. The van der Waals surface area contributed by atoms with Crippen LogP contribution >= 0.6 is 0 Å². The SMILES string of the molecule is O=C(Cc1ccc(F)cc1)NC(=O)Nc1cccc(F)c1. The van der Waals surface area contributed by atoms with Crippen LogP contribution in [0.15, 0.2) is 48.5 Å². The molecule has 0 aliphatic carbocycles. The van der Waals surface area contributed by atoms with Crippen LogP contribution in [-0.4, -0.2) is 11.9 Å². The van der Waals surface area contributed by atoms with Gasteiger partial charge in [-0.3, -0.25) is 10.1 Å². The van der Waals surface area contributed by atoms with Crippen molar-refractivity contribution >= 4 is 17.6 Å². The predicted octanol–water partition coefficient (Wildman–Crippen LogP) is 2.86. The summed E-state index contributed by atoms with van der Waals surface area (Å²) in [5, 5.41) is 4.44. The van der Waals surface area contributed by atoms with Gasteiger partial charge in [0.15, 0.2) is 0 Å². The van der Waals surface area contributed by atoms with Crippen LogP contribution in [0.25, 0.3) is 0 Å². The zero-order valence-electron chi connectivity index (χ0n) is 10.9. The monoisotopic (exact) mass is 290 g/mol. The minimum Gasteiger partial charge on any atom is -0.308 e. The molecule has 0 saturated carbocycles. The number of carbonyl (C=O) groups excluding carboxylic acids is 2. The van der Waals surface area contributed by atoms with E-state index in [2.05, 4.69) is 10.6 Å². The van der Waals surface area contributed by atoms with Gasteiger partial charge < -0.3 is 5.32 Å². The molecule has 0 unspecified atom stereocenters. The van der Waals surface area contributed by atoms with Crippen molar-refractivity contribution in [3.8, 4) is 0 Å². The van der Waals surface area contributed by atoms with E-state index < -0.39 is 23.6 Å². The van der Waals surface area contributed by atoms with E-state index in [9.17, 15) is 18.4 Å². The number of halogens is 2. The first-order valence-electron chi connectivity index (χ1n) is 6.14. The molecule has 0 spiro atoms. The van der Waals surface area contributed by atoms with Crippen molar-refractivity contribution in [2.45, 2.75) is 6.42 Å². The number of hydrogen-bond acceptors (Lipinski definition) is 2. The van der Waals surface area contributed by atoms with Crippen molar-refractivity contribution < 1.29 is 18.4 Å². The first-order chi connectivity index (χ1) is 10.0. The maximum absolute atomic E-state index is 12.9. The van der Waals surface area contributed by atoms with Crippen LogP contribution in [0.1, 0.15) is 5.56 Å². The second-order valence-electron chi connectivity index (χ2n) is 4.32. The summed E-state index contributed by atoms with van der Waals surface area (Å²) in [6.45, 7) is 0. The Balaban J connectivity index is 1.87. The molecule has 2 aromatic rings. The van der Waals surface area contributed by atoms with Gasteiger partial charge in [0, 0.05) is 5.69 Å². The number of benzene rings is 2. The molecule has 0 radical (unpaired) electrons. The molecule has 0 saturated heterocycles. The van der Waals surface area contributed by atoms with Gasteiger partial charge in [-0.05, 0) is 35.9 Å². The standard InChI is InChI=1S/C15H12F2N2O2/c16-11-6-4-10(5-7-11)8-14(20)19-15(21)18-13-3-1-2-12(17)9-13/h1-7,9H,8H2,(H2,18,19,20,21). The van der Waals surface area contributed by atoms with Crippen LogP contribution < -0.4 is 10.6 Å². The predicted molar refractivity (Wildman–Crippen MR) is 73.7 cm³/mol. The Kier molecular flexibility index (Phi) is 4.61. The summed E-state index contributed by atoms with van der Waals surface area (Å²) in [4.78, 5) is 23.2. The van der Waals surface area contributed by atoms with Gasteiger partial charge in [-0.2, -0.15) is 0 Å². The van der Waals surface area contributed by atoms with Crippen LogP contribution in [0.3, 0.4) is 0 Å². The molecule has 0 aliphatic heterocycles. The number of anilines is 1. The molecule has 2 aromatic carbocycles. The number of rotatable bonds is 3. The molecular formula is C15H12F2N2O2. The Morgan fingerprint density at radius 1 is 0.952 bits per heavy atom. The summed E-state index contributed by atoms with van der Waals surface area (Å²) < 4.78 is 25.6. The van der Waals surface area contributed by atoms with Gasteiger partial charge in [0.2, 0.25) is 5.91 Å². The molecule has 2 rings (SSSR count). The molecule has 4 nitrogen and oxygen atoms in total. The van der Waals surface area contributed by atoms with E-state index in [1.54, 1.807) is 0 Å². The van der Waals surface area contributed by atoms with E-state index in [1.165, 1.54) is 42.5 Å². The molecular weight excluding hydrogens is 278 g/mol. The molecule has 0 aliphatic rings. The van der Waals surface area contributed by atoms with Crippen LogP contribution in [0.2, 0.25) is 0 Å². The van der Waals surface area contributed by atoms with E-state index in [1.807, 2.05) is 0 Å². The van der Waals surface area contributed by atoms with Crippen LogP contribution in [0, 0.1) is 11.6 Å². The van der Waals surface area contributed by atoms with Gasteiger partial charge in [-0.1, -0.05) is 18.2 Å². The van der Waals surface area contributed by atoms with Gasteiger partial charge in [0.25, 0.3) is 0 Å². The number of nitrogens with one attached hydrogen (secondary N) is 2. The molecule has 0 aromatic heterocycles. The van der Waals surface area contributed by atoms with Crippen molar-refractivity contribution in [2.75, 3.05) is 5.32 Å².